The highest BCUT2D eigenvalue weighted by atomic mass is 32.1. The summed E-state index contributed by atoms with van der Waals surface area (Å²) >= 11 is 1.55. The second kappa shape index (κ2) is 7.52. The molecule has 27 heavy (non-hydrogen) atoms. The van der Waals surface area contributed by atoms with E-state index in [4.69, 9.17) is 0 Å². The first-order valence-corrected chi connectivity index (χ1v) is 10.0. The number of amides is 1. The zero-order valence-electron chi connectivity index (χ0n) is 15.6. The van der Waals surface area contributed by atoms with Gasteiger partial charge in [0.1, 0.15) is 0 Å². The maximum Gasteiger partial charge on any atom is 0.229 e. The highest BCUT2D eigenvalue weighted by Crippen LogP contribution is 2.28. The largest absolute Gasteiger partial charge is 0.346 e. The molecule has 7 heteroatoms. The van der Waals surface area contributed by atoms with Crippen LogP contribution in [-0.2, 0) is 4.79 Å². The molecule has 4 rings (SSSR count). The van der Waals surface area contributed by atoms with E-state index in [1.54, 1.807) is 11.3 Å². The molecule has 140 valence electrons. The first kappa shape index (κ1) is 17.7. The number of nitrogens with zero attached hydrogens (tertiary/aromatic N) is 4. The maximum absolute atomic E-state index is 12.8. The number of hydrogen-bond donors (Lipinski definition) is 1. The van der Waals surface area contributed by atoms with Gasteiger partial charge in [0.15, 0.2) is 0 Å². The molecular formula is C20H23N5OS. The third-order valence-corrected chi connectivity index (χ3v) is 5.94. The van der Waals surface area contributed by atoms with Crippen LogP contribution in [0.2, 0.25) is 0 Å². The number of carbonyl (C=O) groups is 1. The molecule has 1 saturated heterocycles. The Bertz CT molecular complexity index is 934. The fourth-order valence-corrected chi connectivity index (χ4v) is 4.22. The first-order chi connectivity index (χ1) is 13.1. The molecule has 0 aliphatic carbocycles. The predicted octanol–water partition coefficient (Wildman–Crippen LogP) is 3.80. The zero-order chi connectivity index (χ0) is 18.8. The summed E-state index contributed by atoms with van der Waals surface area (Å²) in [7, 11) is 0. The van der Waals surface area contributed by atoms with Gasteiger partial charge in [-0.1, -0.05) is 23.5 Å². The van der Waals surface area contributed by atoms with Crippen molar-refractivity contribution in [3.05, 3.63) is 53.9 Å². The SMILES string of the molecule is Cc1ccc(C)c(NC(=O)[C@@H]2CCCN(c3nnc(-n4cccc4)s3)C2)c1. The van der Waals surface area contributed by atoms with Crippen LogP contribution < -0.4 is 10.2 Å². The van der Waals surface area contributed by atoms with Crippen LogP contribution >= 0.6 is 11.3 Å². The summed E-state index contributed by atoms with van der Waals surface area (Å²) in [5, 5.41) is 13.5. The molecular weight excluding hydrogens is 358 g/mol. The van der Waals surface area contributed by atoms with Gasteiger partial charge in [-0.15, -0.1) is 10.2 Å². The summed E-state index contributed by atoms with van der Waals surface area (Å²) in [6, 6.07) is 10.1. The molecule has 1 aromatic carbocycles. The van der Waals surface area contributed by atoms with Crippen molar-refractivity contribution in [2.75, 3.05) is 23.3 Å². The van der Waals surface area contributed by atoms with Crippen LogP contribution in [-0.4, -0.2) is 33.8 Å². The van der Waals surface area contributed by atoms with Crippen molar-refractivity contribution in [2.24, 2.45) is 5.92 Å². The molecule has 3 aromatic rings. The van der Waals surface area contributed by atoms with E-state index in [0.29, 0.717) is 6.54 Å². The molecule has 1 aliphatic heterocycles. The van der Waals surface area contributed by atoms with Crippen molar-refractivity contribution in [1.82, 2.24) is 14.8 Å². The number of benzene rings is 1. The Kier molecular flexibility index (Phi) is 4.94. The topological polar surface area (TPSA) is 63.1 Å². The maximum atomic E-state index is 12.8. The second-order valence-electron chi connectivity index (χ2n) is 7.05. The van der Waals surface area contributed by atoms with Gasteiger partial charge < -0.3 is 10.2 Å². The van der Waals surface area contributed by atoms with Crippen molar-refractivity contribution in [1.29, 1.82) is 0 Å². The molecule has 0 spiro atoms. The van der Waals surface area contributed by atoms with Crippen molar-refractivity contribution in [2.45, 2.75) is 26.7 Å². The Balaban J connectivity index is 1.45. The Morgan fingerprint density at radius 2 is 1.96 bits per heavy atom. The van der Waals surface area contributed by atoms with Crippen molar-refractivity contribution in [3.8, 4) is 5.13 Å². The predicted molar refractivity (Wildman–Crippen MR) is 109 cm³/mol. The molecule has 3 heterocycles. The van der Waals surface area contributed by atoms with Crippen LogP contribution in [0.25, 0.3) is 5.13 Å². The minimum atomic E-state index is -0.0439. The summed E-state index contributed by atoms with van der Waals surface area (Å²) in [5.41, 5.74) is 3.14. The molecule has 1 fully saturated rings. The summed E-state index contributed by atoms with van der Waals surface area (Å²) in [5.74, 6) is 0.0427. The second-order valence-corrected chi connectivity index (χ2v) is 7.98. The van der Waals surface area contributed by atoms with Crippen LogP contribution in [0.4, 0.5) is 10.8 Å². The van der Waals surface area contributed by atoms with Gasteiger partial charge in [0.05, 0.1) is 5.92 Å². The molecule has 0 radical (unpaired) electrons. The van der Waals surface area contributed by atoms with Crippen molar-refractivity contribution < 1.29 is 4.79 Å². The third kappa shape index (κ3) is 3.88. The van der Waals surface area contributed by atoms with Gasteiger partial charge in [-0.25, -0.2) is 0 Å². The average Bonchev–Trinajstić information content (AvgIpc) is 3.36. The quantitative estimate of drug-likeness (QED) is 0.747. The molecule has 6 nitrogen and oxygen atoms in total. The fraction of sp³-hybridized carbons (Fsp3) is 0.350. The van der Waals surface area contributed by atoms with Gasteiger partial charge in [-0.05, 0) is 56.0 Å². The number of nitrogens with one attached hydrogen (secondary N) is 1. The molecule has 1 amide bonds. The van der Waals surface area contributed by atoms with Gasteiger partial charge in [-0.2, -0.15) is 0 Å². The van der Waals surface area contributed by atoms with Gasteiger partial charge in [0.25, 0.3) is 0 Å². The fourth-order valence-electron chi connectivity index (χ4n) is 3.37. The van der Waals surface area contributed by atoms with Gasteiger partial charge in [0.2, 0.25) is 16.2 Å². The number of piperidine rings is 1. The summed E-state index contributed by atoms with van der Waals surface area (Å²) < 4.78 is 1.95. The number of aromatic nitrogens is 3. The lowest BCUT2D eigenvalue weighted by atomic mass is 9.97. The Morgan fingerprint density at radius 3 is 2.78 bits per heavy atom. The van der Waals surface area contributed by atoms with Gasteiger partial charge >= 0.3 is 0 Å². The summed E-state index contributed by atoms with van der Waals surface area (Å²) in [4.78, 5) is 15.0. The smallest absolute Gasteiger partial charge is 0.229 e. The van der Waals surface area contributed by atoms with Crippen LogP contribution in [0.15, 0.2) is 42.7 Å². The highest BCUT2D eigenvalue weighted by Gasteiger charge is 2.28. The minimum Gasteiger partial charge on any atom is -0.346 e. The highest BCUT2D eigenvalue weighted by molar-refractivity contribution is 7.17. The third-order valence-electron chi connectivity index (χ3n) is 4.94. The minimum absolute atomic E-state index is 0.0439. The van der Waals surface area contributed by atoms with Crippen LogP contribution in [0.3, 0.4) is 0 Å². The number of anilines is 2. The van der Waals surface area contributed by atoms with Crippen LogP contribution in [0, 0.1) is 19.8 Å². The van der Waals surface area contributed by atoms with Gasteiger partial charge in [0, 0.05) is 31.2 Å². The van der Waals surface area contributed by atoms with E-state index in [0.717, 1.165) is 46.5 Å². The molecule has 1 aliphatic rings. The normalized spacial score (nSPS) is 17.1. The number of aryl methyl sites for hydroxylation is 2. The number of hydrogen-bond acceptors (Lipinski definition) is 5. The Morgan fingerprint density at radius 1 is 1.19 bits per heavy atom. The summed E-state index contributed by atoms with van der Waals surface area (Å²) in [6.45, 7) is 5.64. The van der Waals surface area contributed by atoms with Crippen molar-refractivity contribution in [3.63, 3.8) is 0 Å². The number of rotatable bonds is 4. The van der Waals surface area contributed by atoms with E-state index in [-0.39, 0.29) is 11.8 Å². The summed E-state index contributed by atoms with van der Waals surface area (Å²) in [6.07, 6.45) is 5.79. The van der Waals surface area contributed by atoms with E-state index >= 15 is 0 Å². The molecule has 0 saturated carbocycles. The average molecular weight is 382 g/mol. The zero-order valence-corrected chi connectivity index (χ0v) is 16.4. The number of carbonyl (C=O) groups excluding carboxylic acids is 1. The molecule has 0 bridgehead atoms. The molecule has 1 N–H and O–H groups in total. The van der Waals surface area contributed by atoms with E-state index in [1.807, 2.05) is 55.1 Å². The Labute approximate surface area is 162 Å². The molecule has 0 unspecified atom stereocenters. The molecule has 1 atom stereocenters. The standard InChI is InChI=1S/C20H23N5OS/c1-14-7-8-15(2)17(12-14)21-18(26)16-6-5-11-25(13-16)20-23-22-19(27-20)24-9-3-4-10-24/h3-4,7-10,12,16H,5-6,11,13H2,1-2H3,(H,21,26)/t16-/m1/s1. The van der Waals surface area contributed by atoms with Crippen LogP contribution in [0.5, 0.6) is 0 Å². The molecule has 2 aromatic heterocycles. The van der Waals surface area contributed by atoms with E-state index in [9.17, 15) is 4.79 Å². The monoisotopic (exact) mass is 381 g/mol. The lowest BCUT2D eigenvalue weighted by Gasteiger charge is -2.31. The lowest BCUT2D eigenvalue weighted by Crippen LogP contribution is -2.40. The van der Waals surface area contributed by atoms with Gasteiger partial charge in [-0.3, -0.25) is 9.36 Å². The van der Waals surface area contributed by atoms with Crippen LogP contribution in [0.1, 0.15) is 24.0 Å². The van der Waals surface area contributed by atoms with E-state index < -0.39 is 0 Å². The lowest BCUT2D eigenvalue weighted by molar-refractivity contribution is -0.120. The van der Waals surface area contributed by atoms with E-state index in [2.05, 4.69) is 26.5 Å². The Hall–Kier alpha value is -2.67. The van der Waals surface area contributed by atoms with E-state index in [1.165, 1.54) is 0 Å². The first-order valence-electron chi connectivity index (χ1n) is 9.20. The van der Waals surface area contributed by atoms with Crippen molar-refractivity contribution >= 4 is 28.1 Å².